The van der Waals surface area contributed by atoms with E-state index in [1.54, 1.807) is 11.6 Å². The normalized spacial score (nSPS) is 22.1. The van der Waals surface area contributed by atoms with Gasteiger partial charge in [0, 0.05) is 19.1 Å². The maximum Gasteiger partial charge on any atom is 0.261 e. The first-order chi connectivity index (χ1) is 10.4. The van der Waals surface area contributed by atoms with Crippen LogP contribution in [-0.4, -0.2) is 39.2 Å². The molecular formula is C17H23N3O2. The Labute approximate surface area is 130 Å². The molecule has 1 aliphatic rings. The summed E-state index contributed by atoms with van der Waals surface area (Å²) in [6, 6.07) is 7.51. The molecule has 1 fully saturated rings. The van der Waals surface area contributed by atoms with E-state index in [1.807, 2.05) is 24.3 Å². The molecule has 22 heavy (non-hydrogen) atoms. The van der Waals surface area contributed by atoms with Crippen LogP contribution in [0.5, 0.6) is 0 Å². The van der Waals surface area contributed by atoms with Gasteiger partial charge in [0.15, 0.2) is 0 Å². The summed E-state index contributed by atoms with van der Waals surface area (Å²) in [6.45, 7) is 8.59. The smallest absolute Gasteiger partial charge is 0.261 e. The summed E-state index contributed by atoms with van der Waals surface area (Å²) in [6.07, 6.45) is 0.200. The molecule has 1 aliphatic heterocycles. The Kier molecular flexibility index (Phi) is 3.78. The molecule has 3 rings (SSSR count). The number of para-hydroxylation sites is 1. The third-order valence-electron chi connectivity index (χ3n) is 4.46. The standard InChI is InChI=1S/C17H23N3O2/c1-12-9-20(17(2,3)11-22-12)10-15-18-14-8-6-5-7-13(14)16(21)19(15)4/h5-8,12H,9-11H2,1-4H3/t12-/m0/s1. The molecule has 0 amide bonds. The van der Waals surface area contributed by atoms with E-state index in [1.165, 1.54) is 0 Å². The van der Waals surface area contributed by atoms with Crippen molar-refractivity contribution in [1.29, 1.82) is 0 Å². The van der Waals surface area contributed by atoms with E-state index in [2.05, 4.69) is 25.7 Å². The summed E-state index contributed by atoms with van der Waals surface area (Å²) in [5.41, 5.74) is 0.718. The minimum atomic E-state index is -0.0596. The Hall–Kier alpha value is -1.72. The zero-order valence-electron chi connectivity index (χ0n) is 13.7. The van der Waals surface area contributed by atoms with Gasteiger partial charge in [-0.05, 0) is 32.9 Å². The Morgan fingerprint density at radius 2 is 2.09 bits per heavy atom. The molecule has 2 aromatic rings. The third-order valence-corrected chi connectivity index (χ3v) is 4.46. The second-order valence-electron chi connectivity index (χ2n) is 6.72. The third kappa shape index (κ3) is 2.66. The highest BCUT2D eigenvalue weighted by molar-refractivity contribution is 5.77. The van der Waals surface area contributed by atoms with Crippen molar-refractivity contribution in [1.82, 2.24) is 14.5 Å². The Morgan fingerprint density at radius 1 is 1.36 bits per heavy atom. The van der Waals surface area contributed by atoms with E-state index in [9.17, 15) is 4.79 Å². The van der Waals surface area contributed by atoms with Crippen LogP contribution < -0.4 is 5.56 Å². The second-order valence-corrected chi connectivity index (χ2v) is 6.72. The van der Waals surface area contributed by atoms with E-state index < -0.39 is 0 Å². The van der Waals surface area contributed by atoms with Crippen LogP contribution in [0.1, 0.15) is 26.6 Å². The quantitative estimate of drug-likeness (QED) is 0.850. The van der Waals surface area contributed by atoms with E-state index in [0.717, 1.165) is 17.9 Å². The number of rotatable bonds is 2. The minimum Gasteiger partial charge on any atom is -0.375 e. The van der Waals surface area contributed by atoms with Gasteiger partial charge in [-0.25, -0.2) is 4.98 Å². The molecule has 0 N–H and O–H groups in total. The first-order valence-electron chi connectivity index (χ1n) is 7.70. The fraction of sp³-hybridized carbons (Fsp3) is 0.529. The molecule has 0 aliphatic carbocycles. The first kappa shape index (κ1) is 15.2. The number of hydrogen-bond acceptors (Lipinski definition) is 4. The van der Waals surface area contributed by atoms with Crippen LogP contribution in [0, 0.1) is 0 Å². The second kappa shape index (κ2) is 5.48. The number of aromatic nitrogens is 2. The van der Waals surface area contributed by atoms with Crippen LogP contribution in [-0.2, 0) is 18.3 Å². The number of ether oxygens (including phenoxy) is 1. The van der Waals surface area contributed by atoms with Crippen LogP contribution >= 0.6 is 0 Å². The molecule has 0 spiro atoms. The van der Waals surface area contributed by atoms with Gasteiger partial charge in [0.25, 0.3) is 5.56 Å². The van der Waals surface area contributed by atoms with E-state index in [4.69, 9.17) is 9.72 Å². The van der Waals surface area contributed by atoms with Crippen molar-refractivity contribution in [3.05, 3.63) is 40.4 Å². The van der Waals surface area contributed by atoms with Crippen molar-refractivity contribution in [2.24, 2.45) is 7.05 Å². The highest BCUT2D eigenvalue weighted by Gasteiger charge is 2.34. The van der Waals surface area contributed by atoms with E-state index >= 15 is 0 Å². The van der Waals surface area contributed by atoms with Crippen molar-refractivity contribution in [3.8, 4) is 0 Å². The maximum absolute atomic E-state index is 12.5. The molecule has 1 aromatic heterocycles. The number of benzene rings is 1. The van der Waals surface area contributed by atoms with Crippen LogP contribution in [0.25, 0.3) is 10.9 Å². The molecule has 1 atom stereocenters. The van der Waals surface area contributed by atoms with Gasteiger partial charge < -0.3 is 4.74 Å². The average molecular weight is 301 g/mol. The van der Waals surface area contributed by atoms with Crippen molar-refractivity contribution >= 4 is 10.9 Å². The van der Waals surface area contributed by atoms with Gasteiger partial charge in [-0.3, -0.25) is 14.3 Å². The molecule has 1 aromatic carbocycles. The zero-order valence-corrected chi connectivity index (χ0v) is 13.7. The molecule has 5 heteroatoms. The largest absolute Gasteiger partial charge is 0.375 e. The van der Waals surface area contributed by atoms with Gasteiger partial charge >= 0.3 is 0 Å². The summed E-state index contributed by atoms with van der Waals surface area (Å²) in [7, 11) is 1.80. The van der Waals surface area contributed by atoms with Crippen LogP contribution in [0.3, 0.4) is 0 Å². The lowest BCUT2D eigenvalue weighted by atomic mass is 10.0. The van der Waals surface area contributed by atoms with Gasteiger partial charge in [-0.2, -0.15) is 0 Å². The van der Waals surface area contributed by atoms with Gasteiger partial charge in [0.05, 0.1) is 30.2 Å². The average Bonchev–Trinajstić information content (AvgIpc) is 2.48. The van der Waals surface area contributed by atoms with E-state index in [0.29, 0.717) is 18.5 Å². The monoisotopic (exact) mass is 301 g/mol. The maximum atomic E-state index is 12.5. The molecule has 0 radical (unpaired) electrons. The van der Waals surface area contributed by atoms with Crippen molar-refractivity contribution in [3.63, 3.8) is 0 Å². The van der Waals surface area contributed by atoms with Crippen molar-refractivity contribution < 1.29 is 4.74 Å². The lowest BCUT2D eigenvalue weighted by molar-refractivity contribution is -0.0960. The molecule has 118 valence electrons. The van der Waals surface area contributed by atoms with Gasteiger partial charge in [0.1, 0.15) is 5.82 Å². The lowest BCUT2D eigenvalue weighted by Crippen LogP contribution is -2.55. The molecule has 2 heterocycles. The highest BCUT2D eigenvalue weighted by atomic mass is 16.5. The number of fused-ring (bicyclic) bond motifs is 1. The number of morpholine rings is 1. The topological polar surface area (TPSA) is 47.4 Å². The Bertz CT molecular complexity index is 751. The fourth-order valence-electron chi connectivity index (χ4n) is 2.90. The summed E-state index contributed by atoms with van der Waals surface area (Å²) in [5, 5.41) is 0.670. The zero-order chi connectivity index (χ0) is 15.9. The van der Waals surface area contributed by atoms with Crippen LogP contribution in [0.15, 0.2) is 29.1 Å². The number of nitrogens with zero attached hydrogens (tertiary/aromatic N) is 3. The van der Waals surface area contributed by atoms with Crippen LogP contribution in [0.4, 0.5) is 0 Å². The molecule has 1 saturated heterocycles. The molecular weight excluding hydrogens is 278 g/mol. The summed E-state index contributed by atoms with van der Waals surface area (Å²) in [4.78, 5) is 19.5. The van der Waals surface area contributed by atoms with Crippen molar-refractivity contribution in [2.75, 3.05) is 13.2 Å². The first-order valence-corrected chi connectivity index (χ1v) is 7.70. The summed E-state index contributed by atoms with van der Waals surface area (Å²) in [5.74, 6) is 0.797. The van der Waals surface area contributed by atoms with Gasteiger partial charge in [-0.1, -0.05) is 12.1 Å². The highest BCUT2D eigenvalue weighted by Crippen LogP contribution is 2.23. The number of hydrogen-bond donors (Lipinski definition) is 0. The Balaban J connectivity index is 2.00. The molecule has 0 unspecified atom stereocenters. The predicted octanol–water partition coefficient (Wildman–Crippen LogP) is 1.93. The minimum absolute atomic E-state index is 0.0136. The van der Waals surface area contributed by atoms with Gasteiger partial charge in [-0.15, -0.1) is 0 Å². The predicted molar refractivity (Wildman–Crippen MR) is 86.9 cm³/mol. The van der Waals surface area contributed by atoms with Gasteiger partial charge in [0.2, 0.25) is 0 Å². The van der Waals surface area contributed by atoms with Crippen molar-refractivity contribution in [2.45, 2.75) is 39.0 Å². The molecule has 5 nitrogen and oxygen atoms in total. The van der Waals surface area contributed by atoms with Crippen LogP contribution in [0.2, 0.25) is 0 Å². The lowest BCUT2D eigenvalue weighted by Gasteiger charge is -2.44. The SMILES string of the molecule is C[C@H]1CN(Cc2nc3ccccc3c(=O)n2C)C(C)(C)CO1. The van der Waals surface area contributed by atoms with E-state index in [-0.39, 0.29) is 17.2 Å². The molecule has 0 bridgehead atoms. The Morgan fingerprint density at radius 3 is 2.86 bits per heavy atom. The molecule has 0 saturated carbocycles. The summed E-state index contributed by atoms with van der Waals surface area (Å²) >= 11 is 0. The fourth-order valence-corrected chi connectivity index (χ4v) is 2.90. The summed E-state index contributed by atoms with van der Waals surface area (Å²) < 4.78 is 7.42.